The summed E-state index contributed by atoms with van der Waals surface area (Å²) < 4.78 is 3.46. The van der Waals surface area contributed by atoms with E-state index in [0.29, 0.717) is 5.82 Å². The average molecular weight is 270 g/mol. The number of para-hydroxylation sites is 2. The number of nitrogens with zero attached hydrogens (tertiary/aromatic N) is 4. The Morgan fingerprint density at radius 1 is 1.35 bits per heavy atom. The molecule has 0 aliphatic carbocycles. The summed E-state index contributed by atoms with van der Waals surface area (Å²) in [7, 11) is 1.85. The van der Waals surface area contributed by atoms with Crippen molar-refractivity contribution >= 4 is 17.0 Å². The van der Waals surface area contributed by atoms with Crippen molar-refractivity contribution in [2.75, 3.05) is 0 Å². The number of carboxylic acids is 1. The third-order valence-electron chi connectivity index (χ3n) is 3.42. The molecule has 0 unspecified atom stereocenters. The normalized spacial score (nSPS) is 11.1. The van der Waals surface area contributed by atoms with Gasteiger partial charge >= 0.3 is 5.97 Å². The van der Waals surface area contributed by atoms with Crippen LogP contribution in [-0.2, 0) is 18.4 Å². The Labute approximate surface area is 115 Å². The van der Waals surface area contributed by atoms with Crippen LogP contribution in [0, 0.1) is 6.92 Å². The first-order valence-electron chi connectivity index (χ1n) is 6.24. The molecule has 0 spiro atoms. The minimum atomic E-state index is -0.893. The van der Waals surface area contributed by atoms with Crippen LogP contribution in [0.3, 0.4) is 0 Å². The molecule has 102 valence electrons. The number of imidazole rings is 1. The number of aryl methyl sites for hydroxylation is 1. The van der Waals surface area contributed by atoms with E-state index in [1.54, 1.807) is 15.4 Å². The zero-order valence-corrected chi connectivity index (χ0v) is 11.2. The molecule has 0 aliphatic rings. The van der Waals surface area contributed by atoms with Crippen molar-refractivity contribution < 1.29 is 9.90 Å². The Balaban J connectivity index is 2.29. The first kappa shape index (κ1) is 12.4. The highest BCUT2D eigenvalue weighted by atomic mass is 16.4. The van der Waals surface area contributed by atoms with Gasteiger partial charge in [0.15, 0.2) is 0 Å². The smallest absolute Gasteiger partial charge is 0.323 e. The number of carbonyl (C=O) groups is 1. The monoisotopic (exact) mass is 270 g/mol. The van der Waals surface area contributed by atoms with Gasteiger partial charge in [-0.15, -0.1) is 0 Å². The summed E-state index contributed by atoms with van der Waals surface area (Å²) in [5.41, 5.74) is 3.40. The van der Waals surface area contributed by atoms with E-state index in [0.717, 1.165) is 22.3 Å². The van der Waals surface area contributed by atoms with Crippen molar-refractivity contribution in [2.45, 2.75) is 13.5 Å². The Bertz CT molecular complexity index is 801. The maximum atomic E-state index is 11.1. The lowest BCUT2D eigenvalue weighted by atomic mass is 10.2. The fourth-order valence-electron chi connectivity index (χ4n) is 2.29. The van der Waals surface area contributed by atoms with Gasteiger partial charge in [0.05, 0.1) is 22.8 Å². The fraction of sp³-hybridized carbons (Fsp3) is 0.214. The predicted octanol–water partition coefficient (Wildman–Crippen LogP) is 1.83. The number of aromatic nitrogens is 4. The number of hydrogen-bond donors (Lipinski definition) is 1. The molecule has 0 radical (unpaired) electrons. The van der Waals surface area contributed by atoms with E-state index in [-0.39, 0.29) is 6.54 Å². The van der Waals surface area contributed by atoms with Crippen molar-refractivity contribution in [2.24, 2.45) is 7.05 Å². The topological polar surface area (TPSA) is 72.9 Å². The van der Waals surface area contributed by atoms with E-state index in [1.165, 1.54) is 0 Å². The SMILES string of the molecule is Cc1c(-c2nc3ccccc3n2CC(=O)O)cnn1C. The van der Waals surface area contributed by atoms with E-state index in [9.17, 15) is 4.79 Å². The zero-order chi connectivity index (χ0) is 14.3. The van der Waals surface area contributed by atoms with Gasteiger partial charge in [-0.2, -0.15) is 5.10 Å². The fourth-order valence-corrected chi connectivity index (χ4v) is 2.29. The first-order valence-corrected chi connectivity index (χ1v) is 6.24. The van der Waals surface area contributed by atoms with E-state index < -0.39 is 5.97 Å². The van der Waals surface area contributed by atoms with Crippen molar-refractivity contribution in [3.63, 3.8) is 0 Å². The minimum absolute atomic E-state index is 0.121. The molecule has 0 saturated carbocycles. The van der Waals surface area contributed by atoms with E-state index >= 15 is 0 Å². The van der Waals surface area contributed by atoms with Gasteiger partial charge in [-0.25, -0.2) is 4.98 Å². The summed E-state index contributed by atoms with van der Waals surface area (Å²) in [6.45, 7) is 1.82. The molecule has 0 bridgehead atoms. The molecular weight excluding hydrogens is 256 g/mol. The van der Waals surface area contributed by atoms with Crippen molar-refractivity contribution in [1.29, 1.82) is 0 Å². The summed E-state index contributed by atoms with van der Waals surface area (Å²) in [4.78, 5) is 15.7. The number of rotatable bonds is 3. The van der Waals surface area contributed by atoms with E-state index in [1.807, 2.05) is 38.2 Å². The molecule has 0 fully saturated rings. The number of aliphatic carboxylic acids is 1. The highest BCUT2D eigenvalue weighted by Crippen LogP contribution is 2.26. The van der Waals surface area contributed by atoms with Crippen molar-refractivity contribution in [3.05, 3.63) is 36.2 Å². The Morgan fingerprint density at radius 3 is 2.75 bits per heavy atom. The van der Waals surface area contributed by atoms with Crippen LogP contribution in [0.15, 0.2) is 30.5 Å². The van der Waals surface area contributed by atoms with E-state index in [4.69, 9.17) is 5.11 Å². The average Bonchev–Trinajstić information content (AvgIpc) is 2.92. The van der Waals surface area contributed by atoms with Crippen LogP contribution in [0.5, 0.6) is 0 Å². The van der Waals surface area contributed by atoms with Gasteiger partial charge in [-0.05, 0) is 19.1 Å². The van der Waals surface area contributed by atoms with Gasteiger partial charge in [0.2, 0.25) is 0 Å². The van der Waals surface area contributed by atoms with Crippen LogP contribution in [-0.4, -0.2) is 30.4 Å². The lowest BCUT2D eigenvalue weighted by molar-refractivity contribution is -0.137. The number of benzene rings is 1. The summed E-state index contributed by atoms with van der Waals surface area (Å²) in [5.74, 6) is -0.254. The van der Waals surface area contributed by atoms with Crippen molar-refractivity contribution in [1.82, 2.24) is 19.3 Å². The maximum Gasteiger partial charge on any atom is 0.323 e. The highest BCUT2D eigenvalue weighted by molar-refractivity contribution is 5.83. The van der Waals surface area contributed by atoms with Gasteiger partial charge in [-0.3, -0.25) is 9.48 Å². The Morgan fingerprint density at radius 2 is 2.10 bits per heavy atom. The van der Waals surface area contributed by atoms with Crippen LogP contribution in [0.25, 0.3) is 22.4 Å². The molecule has 0 amide bonds. The third-order valence-corrected chi connectivity index (χ3v) is 3.42. The van der Waals surface area contributed by atoms with Crippen LogP contribution in [0.2, 0.25) is 0 Å². The first-order chi connectivity index (χ1) is 9.58. The largest absolute Gasteiger partial charge is 0.480 e. The lowest BCUT2D eigenvalue weighted by Gasteiger charge is -2.05. The zero-order valence-electron chi connectivity index (χ0n) is 11.2. The molecule has 0 atom stereocenters. The standard InChI is InChI=1S/C14H14N4O2/c1-9-10(7-15-17(9)2)14-16-11-5-3-4-6-12(11)18(14)8-13(19)20/h3-7H,8H2,1-2H3,(H,19,20). The molecule has 6 heteroatoms. The second kappa shape index (κ2) is 4.48. The molecule has 20 heavy (non-hydrogen) atoms. The highest BCUT2D eigenvalue weighted by Gasteiger charge is 2.17. The summed E-state index contributed by atoms with van der Waals surface area (Å²) >= 11 is 0. The van der Waals surface area contributed by atoms with Gasteiger partial charge in [-0.1, -0.05) is 12.1 Å². The second-order valence-electron chi connectivity index (χ2n) is 4.67. The molecule has 2 aromatic heterocycles. The Kier molecular flexibility index (Phi) is 2.78. The van der Waals surface area contributed by atoms with Gasteiger partial charge in [0.25, 0.3) is 0 Å². The van der Waals surface area contributed by atoms with Gasteiger partial charge in [0, 0.05) is 12.7 Å². The predicted molar refractivity (Wildman–Crippen MR) is 74.3 cm³/mol. The third kappa shape index (κ3) is 1.85. The molecule has 3 aromatic rings. The molecule has 2 heterocycles. The van der Waals surface area contributed by atoms with Crippen LogP contribution < -0.4 is 0 Å². The molecule has 0 aliphatic heterocycles. The molecule has 1 N–H and O–H groups in total. The maximum absolute atomic E-state index is 11.1. The Hall–Kier alpha value is -2.63. The van der Waals surface area contributed by atoms with Crippen LogP contribution in [0.1, 0.15) is 5.69 Å². The molecule has 0 saturated heterocycles. The molecule has 6 nitrogen and oxygen atoms in total. The quantitative estimate of drug-likeness (QED) is 0.788. The van der Waals surface area contributed by atoms with Crippen LogP contribution >= 0.6 is 0 Å². The molecule has 1 aromatic carbocycles. The molecular formula is C14H14N4O2. The van der Waals surface area contributed by atoms with Crippen molar-refractivity contribution in [3.8, 4) is 11.4 Å². The number of hydrogen-bond acceptors (Lipinski definition) is 3. The minimum Gasteiger partial charge on any atom is -0.480 e. The van der Waals surface area contributed by atoms with Gasteiger partial charge in [0.1, 0.15) is 12.4 Å². The number of carboxylic acid groups (broad SMARTS) is 1. The molecule has 3 rings (SSSR count). The summed E-state index contributed by atoms with van der Waals surface area (Å²) in [6.07, 6.45) is 1.72. The summed E-state index contributed by atoms with van der Waals surface area (Å²) in [6, 6.07) is 7.52. The second-order valence-corrected chi connectivity index (χ2v) is 4.67. The summed E-state index contributed by atoms with van der Waals surface area (Å²) in [5, 5.41) is 13.3. The number of fused-ring (bicyclic) bond motifs is 1. The van der Waals surface area contributed by atoms with E-state index in [2.05, 4.69) is 10.1 Å². The van der Waals surface area contributed by atoms with Crippen LogP contribution in [0.4, 0.5) is 0 Å². The van der Waals surface area contributed by atoms with Gasteiger partial charge < -0.3 is 9.67 Å². The lowest BCUT2D eigenvalue weighted by Crippen LogP contribution is -2.10.